The molecule has 1 unspecified atom stereocenters. The lowest BCUT2D eigenvalue weighted by Gasteiger charge is -2.22. The van der Waals surface area contributed by atoms with Crippen LogP contribution < -0.4 is 15.8 Å². The van der Waals surface area contributed by atoms with Gasteiger partial charge in [-0.15, -0.1) is 25.6 Å². The first-order valence-corrected chi connectivity index (χ1v) is 7.73. The maximum absolute atomic E-state index is 12.1. The molecule has 0 aromatic heterocycles. The van der Waals surface area contributed by atoms with Gasteiger partial charge >= 0.3 is 6.36 Å². The molecule has 5 nitrogen and oxygen atoms in total. The van der Waals surface area contributed by atoms with E-state index in [1.807, 2.05) is 0 Å². The van der Waals surface area contributed by atoms with E-state index in [0.29, 0.717) is 18.7 Å². The minimum absolute atomic E-state index is 0. The molecule has 1 aliphatic heterocycles. The molecule has 1 aromatic carbocycles. The number of carbonyl (C=O) groups excluding carboxylic acids is 1. The summed E-state index contributed by atoms with van der Waals surface area (Å²) in [5.41, 5.74) is 6.50. The van der Waals surface area contributed by atoms with Gasteiger partial charge in [0.25, 0.3) is 0 Å². The fraction of sp³-hybridized carbons (Fsp3) is 0.562. The number of hydrogen-bond acceptors (Lipinski definition) is 4. The molecule has 142 valence electrons. The third-order valence-electron chi connectivity index (χ3n) is 4.14. The highest BCUT2D eigenvalue weighted by Gasteiger charge is 2.33. The quantitative estimate of drug-likeness (QED) is 0.793. The van der Waals surface area contributed by atoms with Crippen molar-refractivity contribution in [1.29, 1.82) is 0 Å². The fourth-order valence-electron chi connectivity index (χ4n) is 2.70. The van der Waals surface area contributed by atoms with E-state index in [1.165, 1.54) is 24.3 Å². The van der Waals surface area contributed by atoms with Crippen LogP contribution >= 0.6 is 12.4 Å². The maximum atomic E-state index is 12.1. The van der Waals surface area contributed by atoms with Gasteiger partial charge in [0.05, 0.1) is 6.54 Å². The van der Waals surface area contributed by atoms with Gasteiger partial charge in [0.15, 0.2) is 0 Å². The Balaban J connectivity index is 0.00000312. The van der Waals surface area contributed by atoms with Gasteiger partial charge in [-0.05, 0) is 42.6 Å². The van der Waals surface area contributed by atoms with E-state index in [1.54, 1.807) is 0 Å². The van der Waals surface area contributed by atoms with Crippen LogP contribution in [0.3, 0.4) is 0 Å². The highest BCUT2D eigenvalue weighted by atomic mass is 35.5. The summed E-state index contributed by atoms with van der Waals surface area (Å²) in [5, 5.41) is 2.76. The summed E-state index contributed by atoms with van der Waals surface area (Å²) < 4.78 is 40.0. The van der Waals surface area contributed by atoms with Crippen LogP contribution in [0.15, 0.2) is 24.3 Å². The van der Waals surface area contributed by atoms with Gasteiger partial charge in [-0.3, -0.25) is 9.69 Å². The molecule has 1 heterocycles. The Kier molecular flexibility index (Phi) is 7.52. The highest BCUT2D eigenvalue weighted by Crippen LogP contribution is 2.28. The number of hydrogen-bond donors (Lipinski definition) is 2. The van der Waals surface area contributed by atoms with Crippen molar-refractivity contribution in [3.63, 3.8) is 0 Å². The number of likely N-dealkylation sites (tertiary alicyclic amines) is 1. The van der Waals surface area contributed by atoms with E-state index in [9.17, 15) is 18.0 Å². The second kappa shape index (κ2) is 8.73. The normalized spacial score (nSPS) is 20.8. The number of nitrogens with zero attached hydrogens (tertiary/aromatic N) is 1. The molecule has 1 aromatic rings. The van der Waals surface area contributed by atoms with Gasteiger partial charge in [0, 0.05) is 13.1 Å². The monoisotopic (exact) mass is 381 g/mol. The van der Waals surface area contributed by atoms with Crippen LogP contribution in [0, 0.1) is 5.41 Å². The smallest absolute Gasteiger partial charge is 0.406 e. The lowest BCUT2D eigenvalue weighted by molar-refractivity contribution is -0.274. The average Bonchev–Trinajstić information content (AvgIpc) is 2.87. The molecule has 0 radical (unpaired) electrons. The number of amides is 1. The Morgan fingerprint density at radius 3 is 2.52 bits per heavy atom. The molecule has 2 rings (SSSR count). The molecule has 3 N–H and O–H groups in total. The second-order valence-electron chi connectivity index (χ2n) is 6.44. The number of rotatable bonds is 6. The average molecular weight is 382 g/mol. The summed E-state index contributed by atoms with van der Waals surface area (Å²) >= 11 is 0. The summed E-state index contributed by atoms with van der Waals surface area (Å²) in [6.45, 7) is 4.88. The van der Waals surface area contributed by atoms with Crippen molar-refractivity contribution in [2.24, 2.45) is 11.1 Å². The summed E-state index contributed by atoms with van der Waals surface area (Å²) in [4.78, 5) is 14.0. The predicted molar refractivity (Wildman–Crippen MR) is 90.4 cm³/mol. The number of halogens is 4. The van der Waals surface area contributed by atoms with Crippen LogP contribution in [0.25, 0.3) is 0 Å². The Morgan fingerprint density at radius 2 is 2.00 bits per heavy atom. The first-order valence-electron chi connectivity index (χ1n) is 7.73. The molecule has 1 atom stereocenters. The first kappa shape index (κ1) is 21.5. The van der Waals surface area contributed by atoms with Gasteiger partial charge in [0.2, 0.25) is 5.91 Å². The van der Waals surface area contributed by atoms with Gasteiger partial charge in [-0.1, -0.05) is 19.1 Å². The molecular weight excluding hydrogens is 359 g/mol. The molecular formula is C16H23ClF3N3O2. The van der Waals surface area contributed by atoms with Gasteiger partial charge in [-0.2, -0.15) is 0 Å². The van der Waals surface area contributed by atoms with E-state index in [2.05, 4.69) is 21.9 Å². The van der Waals surface area contributed by atoms with E-state index in [0.717, 1.165) is 19.5 Å². The Bertz CT molecular complexity index is 569. The standard InChI is InChI=1S/C16H22F3N3O2.ClH/c1-15(10-20)6-7-22(11-15)9-14(23)21-8-12-2-4-13(5-3-12)24-16(17,18)19;/h2-5H,6-11,20H2,1H3,(H,21,23);1H. The number of nitrogens with two attached hydrogens (primary N) is 1. The van der Waals surface area contributed by atoms with Gasteiger partial charge in [0.1, 0.15) is 5.75 Å². The molecule has 0 spiro atoms. The maximum Gasteiger partial charge on any atom is 0.573 e. The number of carbonyl (C=O) groups is 1. The van der Waals surface area contributed by atoms with Crippen molar-refractivity contribution in [1.82, 2.24) is 10.2 Å². The number of benzene rings is 1. The second-order valence-corrected chi connectivity index (χ2v) is 6.44. The zero-order chi connectivity index (χ0) is 17.8. The molecule has 1 amide bonds. The van der Waals surface area contributed by atoms with Crippen LogP contribution in [-0.2, 0) is 11.3 Å². The van der Waals surface area contributed by atoms with Crippen molar-refractivity contribution in [2.45, 2.75) is 26.3 Å². The lowest BCUT2D eigenvalue weighted by Crippen LogP contribution is -2.38. The summed E-state index contributed by atoms with van der Waals surface area (Å²) in [5.74, 6) is -0.400. The fourth-order valence-corrected chi connectivity index (χ4v) is 2.70. The Hall–Kier alpha value is -1.51. The molecule has 1 fully saturated rings. The summed E-state index contributed by atoms with van der Waals surface area (Å²) in [7, 11) is 0. The molecule has 0 saturated carbocycles. The number of ether oxygens (including phenoxy) is 1. The van der Waals surface area contributed by atoms with E-state index < -0.39 is 6.36 Å². The zero-order valence-corrected chi connectivity index (χ0v) is 14.8. The molecule has 0 bridgehead atoms. The first-order chi connectivity index (χ1) is 11.2. The largest absolute Gasteiger partial charge is 0.573 e. The van der Waals surface area contributed by atoms with Gasteiger partial charge in [-0.25, -0.2) is 0 Å². The summed E-state index contributed by atoms with van der Waals surface area (Å²) in [6.07, 6.45) is -3.74. The number of nitrogens with one attached hydrogen (secondary N) is 1. The summed E-state index contributed by atoms with van der Waals surface area (Å²) in [6, 6.07) is 5.43. The molecule has 9 heteroatoms. The van der Waals surface area contributed by atoms with Crippen molar-refractivity contribution in [3.8, 4) is 5.75 Å². The highest BCUT2D eigenvalue weighted by molar-refractivity contribution is 5.85. The minimum Gasteiger partial charge on any atom is -0.406 e. The lowest BCUT2D eigenvalue weighted by atomic mass is 9.90. The minimum atomic E-state index is -4.70. The van der Waals surface area contributed by atoms with Crippen molar-refractivity contribution in [3.05, 3.63) is 29.8 Å². The van der Waals surface area contributed by atoms with Crippen LogP contribution in [0.2, 0.25) is 0 Å². The molecule has 1 aliphatic rings. The van der Waals surface area contributed by atoms with Crippen molar-refractivity contribution in [2.75, 3.05) is 26.2 Å². The Labute approximate surface area is 151 Å². The van der Waals surface area contributed by atoms with Crippen LogP contribution in [0.4, 0.5) is 13.2 Å². The predicted octanol–water partition coefficient (Wildman–Crippen LogP) is 2.29. The molecule has 25 heavy (non-hydrogen) atoms. The zero-order valence-electron chi connectivity index (χ0n) is 13.9. The van der Waals surface area contributed by atoms with E-state index in [4.69, 9.17) is 5.73 Å². The van der Waals surface area contributed by atoms with Crippen molar-refractivity contribution < 1.29 is 22.7 Å². The third-order valence-corrected chi connectivity index (χ3v) is 4.14. The van der Waals surface area contributed by atoms with E-state index in [-0.39, 0.29) is 36.0 Å². The van der Waals surface area contributed by atoms with Crippen LogP contribution in [-0.4, -0.2) is 43.3 Å². The van der Waals surface area contributed by atoms with Crippen molar-refractivity contribution >= 4 is 18.3 Å². The Morgan fingerprint density at radius 1 is 1.36 bits per heavy atom. The van der Waals surface area contributed by atoms with Crippen LogP contribution in [0.1, 0.15) is 18.9 Å². The van der Waals surface area contributed by atoms with Gasteiger partial charge < -0.3 is 15.8 Å². The molecule has 1 saturated heterocycles. The SMILES string of the molecule is CC1(CN)CCN(CC(=O)NCc2ccc(OC(F)(F)F)cc2)C1.Cl. The van der Waals surface area contributed by atoms with E-state index >= 15 is 0 Å². The van der Waals surface area contributed by atoms with Crippen LogP contribution in [0.5, 0.6) is 5.75 Å². The molecule has 0 aliphatic carbocycles. The topological polar surface area (TPSA) is 67.6 Å². The number of alkyl halides is 3. The third kappa shape index (κ3) is 7.09.